The molecule has 0 radical (unpaired) electrons. The molecule has 1 aromatic rings. The summed E-state index contributed by atoms with van der Waals surface area (Å²) in [6.45, 7) is 0.0194. The summed E-state index contributed by atoms with van der Waals surface area (Å²) in [5, 5.41) is 6.28. The van der Waals surface area contributed by atoms with Crippen molar-refractivity contribution in [1.29, 1.82) is 0 Å². The maximum absolute atomic E-state index is 12.7. The number of amides is 1. The van der Waals surface area contributed by atoms with Crippen molar-refractivity contribution < 1.29 is 13.6 Å². The zero-order chi connectivity index (χ0) is 11.7. The Morgan fingerprint density at radius 1 is 1.56 bits per heavy atom. The lowest BCUT2D eigenvalue weighted by Gasteiger charge is -2.03. The van der Waals surface area contributed by atoms with E-state index in [0.717, 1.165) is 18.5 Å². The molecular weight excluding hydrogens is 216 g/mol. The lowest BCUT2D eigenvalue weighted by molar-refractivity contribution is -0.121. The second kappa shape index (κ2) is 4.19. The molecule has 1 aliphatic carbocycles. The molecule has 1 heterocycles. The van der Waals surface area contributed by atoms with Crippen LogP contribution in [0.5, 0.6) is 0 Å². The number of halogens is 2. The number of nitrogens with one attached hydrogen (secondary N) is 1. The molecule has 0 saturated carbocycles. The van der Waals surface area contributed by atoms with Gasteiger partial charge in [0.15, 0.2) is 0 Å². The van der Waals surface area contributed by atoms with Gasteiger partial charge >= 0.3 is 0 Å². The molecule has 1 aromatic heterocycles. The summed E-state index contributed by atoms with van der Waals surface area (Å²) in [7, 11) is 1.51. The monoisotopic (exact) mass is 229 g/mol. The van der Waals surface area contributed by atoms with E-state index in [-0.39, 0.29) is 18.1 Å². The van der Waals surface area contributed by atoms with Crippen molar-refractivity contribution in [3.63, 3.8) is 0 Å². The standard InChI is InChI=1S/C10H13F2N3O/c1-13-8(16)5-15-7-4-2-3-6(7)9(14-15)10(11)12/h10H,2-5H2,1H3,(H,13,16). The van der Waals surface area contributed by atoms with Gasteiger partial charge in [-0.2, -0.15) is 5.10 Å². The first-order valence-electron chi connectivity index (χ1n) is 5.20. The first kappa shape index (κ1) is 11.0. The Kier molecular flexibility index (Phi) is 2.89. The molecular formula is C10H13F2N3O. The number of nitrogens with zero attached hydrogens (tertiary/aromatic N) is 2. The van der Waals surface area contributed by atoms with Crippen molar-refractivity contribution >= 4 is 5.91 Å². The molecule has 0 aliphatic heterocycles. The summed E-state index contributed by atoms with van der Waals surface area (Å²) in [5.41, 5.74) is 1.27. The number of hydrogen-bond acceptors (Lipinski definition) is 2. The van der Waals surface area contributed by atoms with E-state index in [1.54, 1.807) is 0 Å². The second-order valence-corrected chi connectivity index (χ2v) is 3.80. The van der Waals surface area contributed by atoms with Gasteiger partial charge in [-0.15, -0.1) is 0 Å². The lowest BCUT2D eigenvalue weighted by atomic mass is 10.2. The van der Waals surface area contributed by atoms with Crippen molar-refractivity contribution in [3.8, 4) is 0 Å². The molecule has 4 nitrogen and oxygen atoms in total. The highest BCUT2D eigenvalue weighted by Crippen LogP contribution is 2.30. The van der Waals surface area contributed by atoms with Crippen molar-refractivity contribution in [2.75, 3.05) is 7.05 Å². The lowest BCUT2D eigenvalue weighted by Crippen LogP contribution is -2.25. The Balaban J connectivity index is 2.32. The SMILES string of the molecule is CNC(=O)Cn1nc(C(F)F)c2c1CCC2. The van der Waals surface area contributed by atoms with Crippen LogP contribution in [0.15, 0.2) is 0 Å². The van der Waals surface area contributed by atoms with Gasteiger partial charge in [0.1, 0.15) is 12.2 Å². The molecule has 0 aromatic carbocycles. The van der Waals surface area contributed by atoms with E-state index in [4.69, 9.17) is 0 Å². The van der Waals surface area contributed by atoms with Gasteiger partial charge in [-0.05, 0) is 19.3 Å². The quantitative estimate of drug-likeness (QED) is 0.842. The van der Waals surface area contributed by atoms with Crippen LogP contribution in [-0.2, 0) is 24.2 Å². The molecule has 1 N–H and O–H groups in total. The summed E-state index contributed by atoms with van der Waals surface area (Å²) in [6, 6.07) is 0. The van der Waals surface area contributed by atoms with Gasteiger partial charge in [0.2, 0.25) is 5.91 Å². The Bertz CT molecular complexity index is 414. The van der Waals surface area contributed by atoms with Gasteiger partial charge in [0, 0.05) is 18.3 Å². The predicted octanol–water partition coefficient (Wildman–Crippen LogP) is 1.06. The van der Waals surface area contributed by atoms with Gasteiger partial charge in [0.25, 0.3) is 6.43 Å². The zero-order valence-corrected chi connectivity index (χ0v) is 8.96. The maximum Gasteiger partial charge on any atom is 0.282 e. The molecule has 2 rings (SSSR count). The molecule has 6 heteroatoms. The first-order chi connectivity index (χ1) is 7.63. The van der Waals surface area contributed by atoms with E-state index < -0.39 is 6.43 Å². The van der Waals surface area contributed by atoms with Crippen LogP contribution in [0, 0.1) is 0 Å². The van der Waals surface area contributed by atoms with Crippen molar-refractivity contribution in [1.82, 2.24) is 15.1 Å². The average Bonchev–Trinajstić information content (AvgIpc) is 2.80. The number of likely N-dealkylation sites (N-methyl/N-ethyl adjacent to an activating group) is 1. The van der Waals surface area contributed by atoms with Gasteiger partial charge in [-0.25, -0.2) is 8.78 Å². The summed E-state index contributed by atoms with van der Waals surface area (Å²) in [5.74, 6) is -0.224. The minimum absolute atomic E-state index is 0.0194. The number of carbonyl (C=O) groups is 1. The number of alkyl halides is 2. The predicted molar refractivity (Wildman–Crippen MR) is 53.3 cm³/mol. The van der Waals surface area contributed by atoms with E-state index >= 15 is 0 Å². The number of rotatable bonds is 3. The molecule has 88 valence electrons. The minimum Gasteiger partial charge on any atom is -0.358 e. The molecule has 1 amide bonds. The molecule has 0 atom stereocenters. The third-order valence-corrected chi connectivity index (χ3v) is 2.82. The normalized spacial score (nSPS) is 14.2. The van der Waals surface area contributed by atoms with E-state index in [2.05, 4.69) is 10.4 Å². The Morgan fingerprint density at radius 2 is 2.31 bits per heavy atom. The van der Waals surface area contributed by atoms with Crippen LogP contribution in [0.1, 0.15) is 29.8 Å². The van der Waals surface area contributed by atoms with Crippen LogP contribution in [0.4, 0.5) is 8.78 Å². The van der Waals surface area contributed by atoms with Gasteiger partial charge < -0.3 is 5.32 Å². The summed E-state index contributed by atoms with van der Waals surface area (Å²) >= 11 is 0. The molecule has 0 bridgehead atoms. The summed E-state index contributed by atoms with van der Waals surface area (Å²) < 4.78 is 26.8. The van der Waals surface area contributed by atoms with Crippen LogP contribution < -0.4 is 5.32 Å². The van der Waals surface area contributed by atoms with Gasteiger partial charge in [-0.1, -0.05) is 0 Å². The largest absolute Gasteiger partial charge is 0.358 e. The van der Waals surface area contributed by atoms with Crippen LogP contribution in [-0.4, -0.2) is 22.7 Å². The third-order valence-electron chi connectivity index (χ3n) is 2.82. The molecule has 1 aliphatic rings. The van der Waals surface area contributed by atoms with E-state index in [1.807, 2.05) is 0 Å². The van der Waals surface area contributed by atoms with Crippen molar-refractivity contribution in [3.05, 3.63) is 17.0 Å². The maximum atomic E-state index is 12.7. The van der Waals surface area contributed by atoms with Crippen LogP contribution >= 0.6 is 0 Å². The third kappa shape index (κ3) is 1.79. The van der Waals surface area contributed by atoms with Gasteiger partial charge in [0.05, 0.1) is 0 Å². The summed E-state index contributed by atoms with van der Waals surface area (Å²) in [6.07, 6.45) is -0.326. The number of hydrogen-bond donors (Lipinski definition) is 1. The molecule has 0 unspecified atom stereocenters. The molecule has 0 spiro atoms. The fraction of sp³-hybridized carbons (Fsp3) is 0.600. The van der Waals surface area contributed by atoms with E-state index in [0.29, 0.717) is 12.0 Å². The highest BCUT2D eigenvalue weighted by atomic mass is 19.3. The zero-order valence-electron chi connectivity index (χ0n) is 8.96. The van der Waals surface area contributed by atoms with Crippen molar-refractivity contribution in [2.24, 2.45) is 0 Å². The van der Waals surface area contributed by atoms with Crippen molar-refractivity contribution in [2.45, 2.75) is 32.2 Å². The highest BCUT2D eigenvalue weighted by Gasteiger charge is 2.27. The molecule has 0 fully saturated rings. The fourth-order valence-electron chi connectivity index (χ4n) is 2.06. The fourth-order valence-corrected chi connectivity index (χ4v) is 2.06. The van der Waals surface area contributed by atoms with E-state index in [9.17, 15) is 13.6 Å². The Morgan fingerprint density at radius 3 is 2.94 bits per heavy atom. The minimum atomic E-state index is -2.56. The topological polar surface area (TPSA) is 46.9 Å². The van der Waals surface area contributed by atoms with Crippen LogP contribution in [0.3, 0.4) is 0 Å². The number of carbonyl (C=O) groups excluding carboxylic acids is 1. The number of aromatic nitrogens is 2. The van der Waals surface area contributed by atoms with E-state index in [1.165, 1.54) is 11.7 Å². The van der Waals surface area contributed by atoms with Crippen LogP contribution in [0.25, 0.3) is 0 Å². The summed E-state index contributed by atoms with van der Waals surface area (Å²) in [4.78, 5) is 11.2. The Labute approximate surface area is 91.6 Å². The highest BCUT2D eigenvalue weighted by molar-refractivity contribution is 5.75. The van der Waals surface area contributed by atoms with Gasteiger partial charge in [-0.3, -0.25) is 9.48 Å². The first-order valence-corrected chi connectivity index (χ1v) is 5.20. The van der Waals surface area contributed by atoms with Crippen LogP contribution in [0.2, 0.25) is 0 Å². The Hall–Kier alpha value is -1.46. The molecule has 16 heavy (non-hydrogen) atoms. The average molecular weight is 229 g/mol. The number of fused-ring (bicyclic) bond motifs is 1. The second-order valence-electron chi connectivity index (χ2n) is 3.80. The smallest absolute Gasteiger partial charge is 0.282 e. The molecule has 0 saturated heterocycles.